The van der Waals surface area contributed by atoms with Gasteiger partial charge in [-0.2, -0.15) is 5.10 Å². The van der Waals surface area contributed by atoms with E-state index in [2.05, 4.69) is 10.2 Å². The molecule has 0 aliphatic heterocycles. The topological polar surface area (TPSA) is 58.1 Å². The van der Waals surface area contributed by atoms with E-state index in [1.165, 1.54) is 0 Å². The molecule has 0 unspecified atom stereocenters. The summed E-state index contributed by atoms with van der Waals surface area (Å²) < 4.78 is 5.22. The number of aromatic amines is 1. The van der Waals surface area contributed by atoms with Gasteiger partial charge in [-0.1, -0.05) is 11.6 Å². The molecule has 0 aliphatic carbocycles. The van der Waals surface area contributed by atoms with Crippen molar-refractivity contribution in [3.63, 3.8) is 0 Å². The Kier molecular flexibility index (Phi) is 3.12. The minimum atomic E-state index is -0.0735. The normalized spacial score (nSPS) is 10.4. The van der Waals surface area contributed by atoms with E-state index in [4.69, 9.17) is 21.4 Å². The van der Waals surface area contributed by atoms with E-state index in [0.717, 1.165) is 5.56 Å². The van der Waals surface area contributed by atoms with E-state index >= 15 is 0 Å². The predicted octanol–water partition coefficient (Wildman–Crippen LogP) is 2.23. The molecule has 16 heavy (non-hydrogen) atoms. The summed E-state index contributed by atoms with van der Waals surface area (Å²) in [6.45, 7) is -0.0735. The van der Waals surface area contributed by atoms with Crippen LogP contribution in [0.25, 0.3) is 11.3 Å². The van der Waals surface area contributed by atoms with Crippen molar-refractivity contribution in [2.45, 2.75) is 6.61 Å². The first-order chi connectivity index (χ1) is 7.74. The van der Waals surface area contributed by atoms with Crippen LogP contribution in [0.5, 0.6) is 5.75 Å². The number of hydrogen-bond donors (Lipinski definition) is 2. The molecule has 0 amide bonds. The van der Waals surface area contributed by atoms with E-state index < -0.39 is 0 Å². The van der Waals surface area contributed by atoms with Gasteiger partial charge in [-0.3, -0.25) is 5.10 Å². The number of methoxy groups -OCH3 is 1. The Morgan fingerprint density at radius 1 is 1.44 bits per heavy atom. The highest BCUT2D eigenvalue weighted by molar-refractivity contribution is 6.30. The van der Waals surface area contributed by atoms with E-state index in [1.807, 2.05) is 0 Å². The van der Waals surface area contributed by atoms with Crippen LogP contribution in [0.1, 0.15) is 5.69 Å². The summed E-state index contributed by atoms with van der Waals surface area (Å²) in [5.74, 6) is 0.695. The summed E-state index contributed by atoms with van der Waals surface area (Å²) in [6.07, 6.45) is 0. The lowest BCUT2D eigenvalue weighted by molar-refractivity contribution is 0.276. The third-order valence-corrected chi connectivity index (χ3v) is 2.47. The Morgan fingerprint density at radius 2 is 2.25 bits per heavy atom. The number of rotatable bonds is 3. The highest BCUT2D eigenvalue weighted by Crippen LogP contribution is 2.31. The lowest BCUT2D eigenvalue weighted by Crippen LogP contribution is -1.87. The van der Waals surface area contributed by atoms with Gasteiger partial charge in [0.15, 0.2) is 0 Å². The SMILES string of the molecule is COc1ccc(Cl)cc1-c1cc(CO)[nH]n1. The van der Waals surface area contributed by atoms with Crippen molar-refractivity contribution in [3.05, 3.63) is 35.0 Å². The summed E-state index contributed by atoms with van der Waals surface area (Å²) in [6, 6.07) is 7.07. The van der Waals surface area contributed by atoms with Crippen LogP contribution in [-0.4, -0.2) is 22.4 Å². The van der Waals surface area contributed by atoms with Gasteiger partial charge in [0.2, 0.25) is 0 Å². The van der Waals surface area contributed by atoms with Crippen molar-refractivity contribution in [1.29, 1.82) is 0 Å². The summed E-state index contributed by atoms with van der Waals surface area (Å²) >= 11 is 5.92. The molecule has 2 N–H and O–H groups in total. The number of nitrogens with one attached hydrogen (secondary N) is 1. The fraction of sp³-hybridized carbons (Fsp3) is 0.182. The van der Waals surface area contributed by atoms with Crippen LogP contribution in [0, 0.1) is 0 Å². The van der Waals surface area contributed by atoms with E-state index in [-0.39, 0.29) is 6.61 Å². The van der Waals surface area contributed by atoms with Crippen LogP contribution in [-0.2, 0) is 6.61 Å². The quantitative estimate of drug-likeness (QED) is 0.862. The first-order valence-corrected chi connectivity index (χ1v) is 5.11. The maximum absolute atomic E-state index is 8.95. The second kappa shape index (κ2) is 4.55. The molecule has 0 saturated heterocycles. The average Bonchev–Trinajstić information content (AvgIpc) is 2.77. The fourth-order valence-electron chi connectivity index (χ4n) is 1.46. The zero-order chi connectivity index (χ0) is 11.5. The summed E-state index contributed by atoms with van der Waals surface area (Å²) in [4.78, 5) is 0. The van der Waals surface area contributed by atoms with Crippen LogP contribution in [0.2, 0.25) is 5.02 Å². The minimum absolute atomic E-state index is 0.0735. The molecule has 2 rings (SSSR count). The van der Waals surface area contributed by atoms with Gasteiger partial charge in [0.05, 0.1) is 25.1 Å². The Morgan fingerprint density at radius 3 is 2.88 bits per heavy atom. The molecule has 5 heteroatoms. The van der Waals surface area contributed by atoms with E-state index in [1.54, 1.807) is 31.4 Å². The molecule has 0 fully saturated rings. The fourth-order valence-corrected chi connectivity index (χ4v) is 1.63. The molecule has 0 spiro atoms. The van der Waals surface area contributed by atoms with E-state index in [0.29, 0.717) is 22.2 Å². The number of hydrogen-bond acceptors (Lipinski definition) is 3. The number of ether oxygens (including phenoxy) is 1. The zero-order valence-corrected chi connectivity index (χ0v) is 9.45. The van der Waals surface area contributed by atoms with Gasteiger partial charge in [-0.05, 0) is 24.3 Å². The molecule has 0 atom stereocenters. The van der Waals surface area contributed by atoms with Gasteiger partial charge >= 0.3 is 0 Å². The molecule has 84 valence electrons. The second-order valence-corrected chi connectivity index (χ2v) is 3.72. The number of H-pyrrole nitrogens is 1. The standard InChI is InChI=1S/C11H11ClN2O2/c1-16-11-3-2-7(12)4-9(11)10-5-8(6-15)13-14-10/h2-5,15H,6H2,1H3,(H,13,14). The van der Waals surface area contributed by atoms with Crippen LogP contribution >= 0.6 is 11.6 Å². The molecule has 0 radical (unpaired) electrons. The molecule has 1 aromatic carbocycles. The average molecular weight is 239 g/mol. The van der Waals surface area contributed by atoms with Crippen LogP contribution < -0.4 is 4.74 Å². The Balaban J connectivity index is 2.49. The summed E-state index contributed by atoms with van der Waals surface area (Å²) in [7, 11) is 1.59. The van der Waals surface area contributed by atoms with Crippen molar-refractivity contribution in [3.8, 4) is 17.0 Å². The van der Waals surface area contributed by atoms with E-state index in [9.17, 15) is 0 Å². The maximum atomic E-state index is 8.95. The number of halogens is 1. The summed E-state index contributed by atoms with van der Waals surface area (Å²) in [5.41, 5.74) is 2.14. The third kappa shape index (κ3) is 2.03. The Hall–Kier alpha value is -1.52. The van der Waals surface area contributed by atoms with Crippen LogP contribution in [0.15, 0.2) is 24.3 Å². The highest BCUT2D eigenvalue weighted by Gasteiger charge is 2.10. The third-order valence-electron chi connectivity index (χ3n) is 2.24. The van der Waals surface area contributed by atoms with Gasteiger partial charge in [-0.25, -0.2) is 0 Å². The molecule has 0 aliphatic rings. The highest BCUT2D eigenvalue weighted by atomic mass is 35.5. The molecule has 1 aromatic heterocycles. The molecule has 4 nitrogen and oxygen atoms in total. The first-order valence-electron chi connectivity index (χ1n) is 4.73. The van der Waals surface area contributed by atoms with Gasteiger partial charge in [0.1, 0.15) is 5.75 Å². The van der Waals surface area contributed by atoms with Crippen molar-refractivity contribution < 1.29 is 9.84 Å². The molecule has 0 bridgehead atoms. The smallest absolute Gasteiger partial charge is 0.128 e. The maximum Gasteiger partial charge on any atom is 0.128 e. The van der Waals surface area contributed by atoms with Gasteiger partial charge in [0, 0.05) is 10.6 Å². The number of benzene rings is 1. The molecule has 2 aromatic rings. The zero-order valence-electron chi connectivity index (χ0n) is 8.70. The van der Waals surface area contributed by atoms with Gasteiger partial charge in [-0.15, -0.1) is 0 Å². The van der Waals surface area contributed by atoms with Crippen molar-refractivity contribution >= 4 is 11.6 Å². The number of aromatic nitrogens is 2. The number of nitrogens with zero attached hydrogens (tertiary/aromatic N) is 1. The largest absolute Gasteiger partial charge is 0.496 e. The van der Waals surface area contributed by atoms with Crippen molar-refractivity contribution in [2.24, 2.45) is 0 Å². The first kappa shape index (κ1) is 11.0. The van der Waals surface area contributed by atoms with Crippen molar-refractivity contribution in [2.75, 3.05) is 7.11 Å². The number of aliphatic hydroxyl groups is 1. The lowest BCUT2D eigenvalue weighted by atomic mass is 10.1. The monoisotopic (exact) mass is 238 g/mol. The Bertz CT molecular complexity index is 496. The van der Waals surface area contributed by atoms with Crippen molar-refractivity contribution in [1.82, 2.24) is 10.2 Å². The molecule has 0 saturated carbocycles. The van der Waals surface area contributed by atoms with Gasteiger partial charge < -0.3 is 9.84 Å². The van der Waals surface area contributed by atoms with Gasteiger partial charge in [0.25, 0.3) is 0 Å². The van der Waals surface area contributed by atoms with Crippen LogP contribution in [0.3, 0.4) is 0 Å². The second-order valence-electron chi connectivity index (χ2n) is 3.28. The molecule has 1 heterocycles. The minimum Gasteiger partial charge on any atom is -0.496 e. The molecular formula is C11H11ClN2O2. The summed E-state index contributed by atoms with van der Waals surface area (Å²) in [5, 5.41) is 16.4. The van der Waals surface area contributed by atoms with Crippen LogP contribution in [0.4, 0.5) is 0 Å². The lowest BCUT2D eigenvalue weighted by Gasteiger charge is -2.05. The predicted molar refractivity (Wildman–Crippen MR) is 61.5 cm³/mol. The number of aliphatic hydroxyl groups excluding tert-OH is 1. The Labute approximate surface area is 97.8 Å². The molecular weight excluding hydrogens is 228 g/mol.